The summed E-state index contributed by atoms with van der Waals surface area (Å²) in [6.07, 6.45) is 5.11. The number of pyridine rings is 1. The maximum atomic E-state index is 12.2. The first-order chi connectivity index (χ1) is 9.70. The largest absolute Gasteiger partial charge is 0.478 e. The summed E-state index contributed by atoms with van der Waals surface area (Å²) in [4.78, 5) is 18.2. The SMILES string of the molecule is CCOc1cc(CNC(=O)N2CCCCC2C)ccn1. The van der Waals surface area contributed by atoms with Crippen molar-refractivity contribution in [1.82, 2.24) is 15.2 Å². The van der Waals surface area contributed by atoms with Gasteiger partial charge >= 0.3 is 6.03 Å². The van der Waals surface area contributed by atoms with Crippen LogP contribution < -0.4 is 10.1 Å². The predicted octanol–water partition coefficient (Wildman–Crippen LogP) is 2.56. The molecule has 1 N–H and O–H groups in total. The van der Waals surface area contributed by atoms with Crippen LogP contribution in [0, 0.1) is 0 Å². The summed E-state index contributed by atoms with van der Waals surface area (Å²) in [5.41, 5.74) is 1.00. The minimum absolute atomic E-state index is 0.0203. The van der Waals surface area contributed by atoms with E-state index in [0.29, 0.717) is 25.1 Å². The molecule has 1 aliphatic heterocycles. The van der Waals surface area contributed by atoms with Crippen molar-refractivity contribution in [3.8, 4) is 5.88 Å². The summed E-state index contributed by atoms with van der Waals surface area (Å²) < 4.78 is 5.35. The number of amides is 2. The Morgan fingerprint density at radius 3 is 3.15 bits per heavy atom. The average Bonchev–Trinajstić information content (AvgIpc) is 2.46. The number of urea groups is 1. The van der Waals surface area contributed by atoms with E-state index in [1.54, 1.807) is 6.20 Å². The van der Waals surface area contributed by atoms with E-state index < -0.39 is 0 Å². The fraction of sp³-hybridized carbons (Fsp3) is 0.600. The lowest BCUT2D eigenvalue weighted by molar-refractivity contribution is 0.158. The number of carbonyl (C=O) groups excluding carboxylic acids is 1. The summed E-state index contributed by atoms with van der Waals surface area (Å²) in [7, 11) is 0. The molecule has 0 spiro atoms. The van der Waals surface area contributed by atoms with Gasteiger partial charge in [0.2, 0.25) is 5.88 Å². The molecule has 20 heavy (non-hydrogen) atoms. The second-order valence-corrected chi connectivity index (χ2v) is 5.13. The van der Waals surface area contributed by atoms with Gasteiger partial charge in [-0.25, -0.2) is 9.78 Å². The van der Waals surface area contributed by atoms with Crippen LogP contribution in [0.2, 0.25) is 0 Å². The van der Waals surface area contributed by atoms with Crippen LogP contribution in [-0.2, 0) is 6.54 Å². The van der Waals surface area contributed by atoms with Crippen LogP contribution >= 0.6 is 0 Å². The zero-order valence-corrected chi connectivity index (χ0v) is 12.3. The second kappa shape index (κ2) is 7.12. The predicted molar refractivity (Wildman–Crippen MR) is 77.7 cm³/mol. The maximum Gasteiger partial charge on any atom is 0.317 e. The number of nitrogens with zero attached hydrogens (tertiary/aromatic N) is 2. The number of aromatic nitrogens is 1. The molecular formula is C15H23N3O2. The summed E-state index contributed by atoms with van der Waals surface area (Å²) in [6.45, 7) is 5.98. The van der Waals surface area contributed by atoms with Crippen molar-refractivity contribution in [2.24, 2.45) is 0 Å². The highest BCUT2D eigenvalue weighted by atomic mass is 16.5. The molecule has 1 fully saturated rings. The van der Waals surface area contributed by atoms with Crippen molar-refractivity contribution in [2.45, 2.75) is 45.7 Å². The number of carbonyl (C=O) groups is 1. The van der Waals surface area contributed by atoms with Crippen LogP contribution in [0.5, 0.6) is 5.88 Å². The number of piperidine rings is 1. The summed E-state index contributed by atoms with van der Waals surface area (Å²) >= 11 is 0. The average molecular weight is 277 g/mol. The molecule has 0 saturated carbocycles. The quantitative estimate of drug-likeness (QED) is 0.920. The van der Waals surface area contributed by atoms with Crippen molar-refractivity contribution in [2.75, 3.05) is 13.2 Å². The Bertz CT molecular complexity index is 450. The Labute approximate surface area is 120 Å². The van der Waals surface area contributed by atoms with Gasteiger partial charge in [-0.1, -0.05) is 0 Å². The number of rotatable bonds is 4. The van der Waals surface area contributed by atoms with E-state index in [1.807, 2.05) is 24.0 Å². The first-order valence-electron chi connectivity index (χ1n) is 7.33. The molecule has 5 nitrogen and oxygen atoms in total. The van der Waals surface area contributed by atoms with Crippen LogP contribution in [0.3, 0.4) is 0 Å². The van der Waals surface area contributed by atoms with Crippen molar-refractivity contribution in [3.63, 3.8) is 0 Å². The van der Waals surface area contributed by atoms with E-state index >= 15 is 0 Å². The minimum Gasteiger partial charge on any atom is -0.478 e. The van der Waals surface area contributed by atoms with Gasteiger partial charge in [0.15, 0.2) is 0 Å². The van der Waals surface area contributed by atoms with Gasteiger partial charge in [0.25, 0.3) is 0 Å². The maximum absolute atomic E-state index is 12.2. The summed E-state index contributed by atoms with van der Waals surface area (Å²) in [5, 5.41) is 2.97. The minimum atomic E-state index is 0.0203. The molecule has 1 atom stereocenters. The highest BCUT2D eigenvalue weighted by Crippen LogP contribution is 2.16. The van der Waals surface area contributed by atoms with E-state index in [9.17, 15) is 4.79 Å². The van der Waals surface area contributed by atoms with Crippen LogP contribution in [0.1, 0.15) is 38.7 Å². The third-order valence-electron chi connectivity index (χ3n) is 3.60. The van der Waals surface area contributed by atoms with Gasteiger partial charge in [0.05, 0.1) is 6.61 Å². The van der Waals surface area contributed by atoms with Gasteiger partial charge in [-0.15, -0.1) is 0 Å². The Balaban J connectivity index is 1.87. The smallest absolute Gasteiger partial charge is 0.317 e. The lowest BCUT2D eigenvalue weighted by atomic mass is 10.0. The zero-order valence-electron chi connectivity index (χ0n) is 12.3. The molecule has 1 unspecified atom stereocenters. The van der Waals surface area contributed by atoms with Gasteiger partial charge in [0, 0.05) is 31.4 Å². The van der Waals surface area contributed by atoms with Crippen LogP contribution in [-0.4, -0.2) is 35.1 Å². The van der Waals surface area contributed by atoms with Gasteiger partial charge in [-0.2, -0.15) is 0 Å². The molecule has 2 rings (SSSR count). The number of nitrogens with one attached hydrogen (secondary N) is 1. The third-order valence-corrected chi connectivity index (χ3v) is 3.60. The molecule has 1 aromatic heterocycles. The van der Waals surface area contributed by atoms with E-state index in [4.69, 9.17) is 4.74 Å². The van der Waals surface area contributed by atoms with Crippen molar-refractivity contribution in [3.05, 3.63) is 23.9 Å². The lowest BCUT2D eigenvalue weighted by Crippen LogP contribution is -2.47. The summed E-state index contributed by atoms with van der Waals surface area (Å²) in [6, 6.07) is 4.11. The van der Waals surface area contributed by atoms with Gasteiger partial charge in [0.1, 0.15) is 0 Å². The number of hydrogen-bond donors (Lipinski definition) is 1. The lowest BCUT2D eigenvalue weighted by Gasteiger charge is -2.33. The standard InChI is InChI=1S/C15H23N3O2/c1-3-20-14-10-13(7-8-16-14)11-17-15(19)18-9-5-4-6-12(18)2/h7-8,10,12H,3-6,9,11H2,1-2H3,(H,17,19). The fourth-order valence-corrected chi connectivity index (χ4v) is 2.47. The molecule has 0 aliphatic carbocycles. The molecule has 110 valence electrons. The Hall–Kier alpha value is -1.78. The molecule has 1 saturated heterocycles. The molecule has 2 amide bonds. The van der Waals surface area contributed by atoms with Gasteiger partial charge < -0.3 is 15.0 Å². The van der Waals surface area contributed by atoms with E-state index in [0.717, 1.165) is 24.9 Å². The molecule has 1 aliphatic rings. The number of hydrogen-bond acceptors (Lipinski definition) is 3. The van der Waals surface area contributed by atoms with Crippen molar-refractivity contribution < 1.29 is 9.53 Å². The zero-order chi connectivity index (χ0) is 14.4. The first-order valence-corrected chi connectivity index (χ1v) is 7.33. The fourth-order valence-electron chi connectivity index (χ4n) is 2.47. The van der Waals surface area contributed by atoms with Gasteiger partial charge in [-0.05, 0) is 44.7 Å². The molecule has 0 aromatic carbocycles. The van der Waals surface area contributed by atoms with E-state index in [1.165, 1.54) is 6.42 Å². The Morgan fingerprint density at radius 2 is 2.40 bits per heavy atom. The molecule has 1 aromatic rings. The van der Waals surface area contributed by atoms with E-state index in [2.05, 4.69) is 17.2 Å². The molecule has 2 heterocycles. The van der Waals surface area contributed by atoms with E-state index in [-0.39, 0.29) is 6.03 Å². The Kier molecular flexibility index (Phi) is 5.21. The van der Waals surface area contributed by atoms with Crippen LogP contribution in [0.4, 0.5) is 4.79 Å². The highest BCUT2D eigenvalue weighted by molar-refractivity contribution is 5.74. The topological polar surface area (TPSA) is 54.5 Å². The number of likely N-dealkylation sites (tertiary alicyclic amines) is 1. The normalized spacial score (nSPS) is 18.7. The molecule has 5 heteroatoms. The highest BCUT2D eigenvalue weighted by Gasteiger charge is 2.22. The molecule has 0 bridgehead atoms. The first kappa shape index (κ1) is 14.6. The second-order valence-electron chi connectivity index (χ2n) is 5.13. The number of ether oxygens (including phenoxy) is 1. The molecular weight excluding hydrogens is 254 g/mol. The third kappa shape index (κ3) is 3.85. The van der Waals surface area contributed by atoms with Crippen molar-refractivity contribution >= 4 is 6.03 Å². The van der Waals surface area contributed by atoms with Gasteiger partial charge in [-0.3, -0.25) is 0 Å². The van der Waals surface area contributed by atoms with Crippen molar-refractivity contribution in [1.29, 1.82) is 0 Å². The Morgan fingerprint density at radius 1 is 1.55 bits per heavy atom. The van der Waals surface area contributed by atoms with Crippen LogP contribution in [0.15, 0.2) is 18.3 Å². The summed E-state index contributed by atoms with van der Waals surface area (Å²) in [5.74, 6) is 0.602. The van der Waals surface area contributed by atoms with Crippen LogP contribution in [0.25, 0.3) is 0 Å². The monoisotopic (exact) mass is 277 g/mol. The molecule has 0 radical (unpaired) electrons.